The van der Waals surface area contributed by atoms with Crippen LogP contribution in [0.3, 0.4) is 0 Å². The predicted molar refractivity (Wildman–Crippen MR) is 59.9 cm³/mol. The lowest BCUT2D eigenvalue weighted by Crippen LogP contribution is -1.98. The SMILES string of the molecule is CCOC(=O)C=Cc1ccc(Cl)c(Cl)n1. The molecule has 0 fully saturated rings. The third kappa shape index (κ3) is 3.90. The lowest BCUT2D eigenvalue weighted by atomic mass is 10.3. The Morgan fingerprint density at radius 3 is 2.87 bits per heavy atom. The van der Waals surface area contributed by atoms with Gasteiger partial charge in [0.25, 0.3) is 0 Å². The second kappa shape index (κ2) is 5.73. The number of hydrogen-bond acceptors (Lipinski definition) is 3. The van der Waals surface area contributed by atoms with Crippen LogP contribution in [0.1, 0.15) is 12.6 Å². The summed E-state index contributed by atoms with van der Waals surface area (Å²) in [5.41, 5.74) is 0.553. The Morgan fingerprint density at radius 1 is 1.53 bits per heavy atom. The van der Waals surface area contributed by atoms with E-state index in [2.05, 4.69) is 4.98 Å². The van der Waals surface area contributed by atoms with Crippen LogP contribution >= 0.6 is 23.2 Å². The summed E-state index contributed by atoms with van der Waals surface area (Å²) in [6, 6.07) is 3.27. The summed E-state index contributed by atoms with van der Waals surface area (Å²) in [7, 11) is 0. The molecular formula is C10H9Cl2NO2. The Bertz CT molecular complexity index is 391. The van der Waals surface area contributed by atoms with Crippen molar-refractivity contribution in [3.8, 4) is 0 Å². The van der Waals surface area contributed by atoms with Crippen molar-refractivity contribution in [2.45, 2.75) is 6.92 Å². The highest BCUT2D eigenvalue weighted by Crippen LogP contribution is 2.19. The molecule has 15 heavy (non-hydrogen) atoms. The van der Waals surface area contributed by atoms with E-state index in [1.165, 1.54) is 12.2 Å². The van der Waals surface area contributed by atoms with Crippen molar-refractivity contribution in [3.05, 3.63) is 34.1 Å². The molecule has 0 amide bonds. The normalized spacial score (nSPS) is 10.6. The van der Waals surface area contributed by atoms with Gasteiger partial charge in [0.15, 0.2) is 0 Å². The minimum Gasteiger partial charge on any atom is -0.463 e. The molecule has 0 bridgehead atoms. The van der Waals surface area contributed by atoms with Gasteiger partial charge in [-0.3, -0.25) is 0 Å². The van der Waals surface area contributed by atoms with Gasteiger partial charge in [0.2, 0.25) is 0 Å². The van der Waals surface area contributed by atoms with Crippen LogP contribution in [0.4, 0.5) is 0 Å². The minimum atomic E-state index is -0.412. The van der Waals surface area contributed by atoms with Crippen molar-refractivity contribution in [2.75, 3.05) is 6.61 Å². The first kappa shape index (κ1) is 12.0. The number of carbonyl (C=O) groups is 1. The first-order chi connectivity index (χ1) is 7.13. The molecule has 5 heteroatoms. The molecular weight excluding hydrogens is 237 g/mol. The number of halogens is 2. The quantitative estimate of drug-likeness (QED) is 0.467. The van der Waals surface area contributed by atoms with Gasteiger partial charge in [-0.1, -0.05) is 23.2 Å². The molecule has 0 spiro atoms. The fourth-order valence-corrected chi connectivity index (χ4v) is 1.13. The first-order valence-corrected chi connectivity index (χ1v) is 5.06. The monoisotopic (exact) mass is 245 g/mol. The standard InChI is InChI=1S/C10H9Cl2NO2/c1-2-15-9(14)6-4-7-3-5-8(11)10(12)13-7/h3-6H,2H2,1H3. The molecule has 0 radical (unpaired) electrons. The Kier molecular flexibility index (Phi) is 4.59. The molecule has 1 rings (SSSR count). The van der Waals surface area contributed by atoms with Crippen LogP contribution in [0.15, 0.2) is 18.2 Å². The number of esters is 1. The number of aromatic nitrogens is 1. The van der Waals surface area contributed by atoms with Crippen molar-refractivity contribution in [3.63, 3.8) is 0 Å². The molecule has 0 saturated carbocycles. The van der Waals surface area contributed by atoms with E-state index < -0.39 is 5.97 Å². The second-order valence-corrected chi connectivity index (χ2v) is 3.36. The van der Waals surface area contributed by atoms with Crippen LogP contribution in [0.25, 0.3) is 6.08 Å². The second-order valence-electron chi connectivity index (χ2n) is 2.59. The number of nitrogens with zero attached hydrogens (tertiary/aromatic N) is 1. The summed E-state index contributed by atoms with van der Waals surface area (Å²) in [5, 5.41) is 0.590. The van der Waals surface area contributed by atoms with Gasteiger partial charge in [-0.15, -0.1) is 0 Å². The number of rotatable bonds is 3. The van der Waals surface area contributed by atoms with Crippen molar-refractivity contribution < 1.29 is 9.53 Å². The predicted octanol–water partition coefficient (Wildman–Crippen LogP) is 2.96. The highest BCUT2D eigenvalue weighted by Gasteiger charge is 1.99. The Balaban J connectivity index is 2.72. The smallest absolute Gasteiger partial charge is 0.330 e. The zero-order chi connectivity index (χ0) is 11.3. The van der Waals surface area contributed by atoms with Gasteiger partial charge in [0.05, 0.1) is 17.3 Å². The average molecular weight is 246 g/mol. The number of ether oxygens (including phenoxy) is 1. The van der Waals surface area contributed by atoms with Crippen molar-refractivity contribution in [1.82, 2.24) is 4.98 Å². The number of hydrogen-bond donors (Lipinski definition) is 0. The maximum absolute atomic E-state index is 11.0. The fourth-order valence-electron chi connectivity index (χ4n) is 0.868. The maximum atomic E-state index is 11.0. The van der Waals surface area contributed by atoms with Crippen LogP contribution in [-0.2, 0) is 9.53 Å². The van der Waals surface area contributed by atoms with E-state index >= 15 is 0 Å². The van der Waals surface area contributed by atoms with Crippen LogP contribution in [0.5, 0.6) is 0 Å². The van der Waals surface area contributed by atoms with Crippen molar-refractivity contribution in [1.29, 1.82) is 0 Å². The van der Waals surface area contributed by atoms with E-state index in [1.54, 1.807) is 19.1 Å². The molecule has 0 aliphatic carbocycles. The Labute approximate surface area is 97.7 Å². The van der Waals surface area contributed by atoms with E-state index in [0.29, 0.717) is 17.3 Å². The van der Waals surface area contributed by atoms with Crippen LogP contribution in [0.2, 0.25) is 10.2 Å². The van der Waals surface area contributed by atoms with Gasteiger partial charge in [-0.25, -0.2) is 9.78 Å². The Hall–Kier alpha value is -1.06. The van der Waals surface area contributed by atoms with Crippen LogP contribution in [-0.4, -0.2) is 17.6 Å². The summed E-state index contributed by atoms with van der Waals surface area (Å²) in [4.78, 5) is 14.9. The lowest BCUT2D eigenvalue weighted by molar-refractivity contribution is -0.137. The molecule has 0 aromatic carbocycles. The van der Waals surface area contributed by atoms with E-state index in [9.17, 15) is 4.79 Å². The van der Waals surface area contributed by atoms with Gasteiger partial charge in [0.1, 0.15) is 5.15 Å². The first-order valence-electron chi connectivity index (χ1n) is 4.30. The fraction of sp³-hybridized carbons (Fsp3) is 0.200. The van der Waals surface area contributed by atoms with Gasteiger partial charge in [-0.2, -0.15) is 0 Å². The molecule has 1 aromatic rings. The summed E-state index contributed by atoms with van der Waals surface area (Å²) in [6.45, 7) is 2.08. The molecule has 1 heterocycles. The van der Waals surface area contributed by atoms with Crippen molar-refractivity contribution in [2.24, 2.45) is 0 Å². The van der Waals surface area contributed by atoms with Crippen LogP contribution < -0.4 is 0 Å². The zero-order valence-corrected chi connectivity index (χ0v) is 9.55. The molecule has 3 nitrogen and oxygen atoms in total. The molecule has 0 aliphatic rings. The molecule has 0 N–H and O–H groups in total. The third-order valence-electron chi connectivity index (χ3n) is 1.50. The molecule has 0 saturated heterocycles. The number of carbonyl (C=O) groups excluding carboxylic acids is 1. The topological polar surface area (TPSA) is 39.2 Å². The number of pyridine rings is 1. The minimum absolute atomic E-state index is 0.211. The third-order valence-corrected chi connectivity index (χ3v) is 2.19. The summed E-state index contributed by atoms with van der Waals surface area (Å²) in [6.07, 6.45) is 2.80. The highest BCUT2D eigenvalue weighted by atomic mass is 35.5. The highest BCUT2D eigenvalue weighted by molar-refractivity contribution is 6.41. The zero-order valence-electron chi connectivity index (χ0n) is 8.04. The largest absolute Gasteiger partial charge is 0.463 e. The van der Waals surface area contributed by atoms with Gasteiger partial charge < -0.3 is 4.74 Å². The van der Waals surface area contributed by atoms with Gasteiger partial charge in [0, 0.05) is 6.08 Å². The molecule has 0 aliphatic heterocycles. The van der Waals surface area contributed by atoms with E-state index in [-0.39, 0.29) is 5.15 Å². The summed E-state index contributed by atoms with van der Waals surface area (Å²) in [5.74, 6) is -0.412. The van der Waals surface area contributed by atoms with Gasteiger partial charge in [-0.05, 0) is 25.1 Å². The maximum Gasteiger partial charge on any atom is 0.330 e. The van der Waals surface area contributed by atoms with E-state index in [1.807, 2.05) is 0 Å². The lowest BCUT2D eigenvalue weighted by Gasteiger charge is -1.97. The molecule has 1 aromatic heterocycles. The Morgan fingerprint density at radius 2 is 2.27 bits per heavy atom. The summed E-state index contributed by atoms with van der Waals surface area (Å²) >= 11 is 11.4. The van der Waals surface area contributed by atoms with Crippen LogP contribution in [0, 0.1) is 0 Å². The van der Waals surface area contributed by atoms with Crippen molar-refractivity contribution >= 4 is 35.2 Å². The summed E-state index contributed by atoms with van der Waals surface area (Å²) < 4.78 is 4.70. The molecule has 0 unspecified atom stereocenters. The van der Waals surface area contributed by atoms with E-state index in [4.69, 9.17) is 27.9 Å². The van der Waals surface area contributed by atoms with E-state index in [0.717, 1.165) is 0 Å². The van der Waals surface area contributed by atoms with Gasteiger partial charge >= 0.3 is 5.97 Å². The average Bonchev–Trinajstić information content (AvgIpc) is 2.20. The molecule has 0 atom stereocenters. The molecule has 80 valence electrons.